The van der Waals surface area contributed by atoms with Gasteiger partial charge in [-0.15, -0.1) is 11.3 Å². The maximum atomic E-state index is 13.7. The van der Waals surface area contributed by atoms with Crippen LogP contribution >= 0.6 is 34.5 Å². The second kappa shape index (κ2) is 8.97. The summed E-state index contributed by atoms with van der Waals surface area (Å²) in [5.74, 6) is -0.690. The van der Waals surface area contributed by atoms with Crippen molar-refractivity contribution in [2.45, 2.75) is 24.8 Å². The fraction of sp³-hybridized carbons (Fsp3) is 0.292. The number of carboxylic acid groups (broad SMARTS) is 1. The van der Waals surface area contributed by atoms with E-state index in [1.165, 1.54) is 11.3 Å². The van der Waals surface area contributed by atoms with Crippen LogP contribution in [0.4, 0.5) is 0 Å². The SMILES string of the molecule is O=C(O)COc1ccc(Cl)cc1C1c2scnc2CCN1C(=O)[C@@H]1C[C@H]1c1ccccc1Cl. The normalized spacial score (nSPS) is 21.4. The van der Waals surface area contributed by atoms with E-state index in [-0.39, 0.29) is 17.7 Å². The van der Waals surface area contributed by atoms with Crippen LogP contribution in [0.15, 0.2) is 48.0 Å². The Morgan fingerprint density at radius 3 is 2.79 bits per heavy atom. The summed E-state index contributed by atoms with van der Waals surface area (Å²) in [7, 11) is 0. The number of fused-ring (bicyclic) bond motifs is 1. The van der Waals surface area contributed by atoms with E-state index in [1.807, 2.05) is 29.2 Å². The molecule has 1 aromatic heterocycles. The van der Waals surface area contributed by atoms with E-state index in [4.69, 9.17) is 33.0 Å². The van der Waals surface area contributed by atoms with Crippen LogP contribution in [0.5, 0.6) is 5.75 Å². The Balaban J connectivity index is 1.50. The number of aliphatic carboxylic acids is 1. The zero-order chi connectivity index (χ0) is 23.1. The van der Waals surface area contributed by atoms with Crippen molar-refractivity contribution in [3.63, 3.8) is 0 Å². The van der Waals surface area contributed by atoms with E-state index in [0.717, 1.165) is 22.6 Å². The monoisotopic (exact) mass is 502 g/mol. The summed E-state index contributed by atoms with van der Waals surface area (Å²) < 4.78 is 5.58. The second-order valence-electron chi connectivity index (χ2n) is 8.18. The van der Waals surface area contributed by atoms with E-state index >= 15 is 0 Å². The highest BCUT2D eigenvalue weighted by Gasteiger charge is 2.49. The van der Waals surface area contributed by atoms with Crippen molar-refractivity contribution in [3.05, 3.63) is 79.7 Å². The van der Waals surface area contributed by atoms with Crippen molar-refractivity contribution in [3.8, 4) is 5.75 Å². The van der Waals surface area contributed by atoms with Crippen LogP contribution in [-0.4, -0.2) is 40.0 Å². The predicted octanol–water partition coefficient (Wildman–Crippen LogP) is 5.19. The third-order valence-corrected chi connectivity index (χ3v) is 7.64. The number of thiazole rings is 1. The fourth-order valence-corrected chi connectivity index (χ4v) is 5.96. The number of carbonyl (C=O) groups is 2. The maximum Gasteiger partial charge on any atom is 0.341 e. The van der Waals surface area contributed by atoms with Gasteiger partial charge >= 0.3 is 5.97 Å². The first-order valence-electron chi connectivity index (χ1n) is 10.5. The van der Waals surface area contributed by atoms with Gasteiger partial charge in [0.05, 0.1) is 22.1 Å². The molecule has 170 valence electrons. The van der Waals surface area contributed by atoms with Crippen LogP contribution in [-0.2, 0) is 16.0 Å². The van der Waals surface area contributed by atoms with Gasteiger partial charge in [-0.2, -0.15) is 0 Å². The zero-order valence-electron chi connectivity index (χ0n) is 17.4. The zero-order valence-corrected chi connectivity index (χ0v) is 19.7. The first-order chi connectivity index (χ1) is 15.9. The lowest BCUT2D eigenvalue weighted by Crippen LogP contribution is -2.41. The summed E-state index contributed by atoms with van der Waals surface area (Å²) in [6.45, 7) is 0.0267. The lowest BCUT2D eigenvalue weighted by atomic mass is 9.95. The molecule has 1 unspecified atom stereocenters. The molecule has 9 heteroatoms. The standard InChI is InChI=1S/C24H20Cl2N2O4S/c25-13-5-6-20(32-11-21(29)30)17(9-13)22-23-19(27-12-33-23)7-8-28(22)24(31)16-10-15(16)14-3-1-2-4-18(14)26/h1-6,9,12,15-16,22H,7-8,10-11H2,(H,29,30)/t15-,16+,22?/m0/s1. The molecule has 1 saturated carbocycles. The number of ether oxygens (including phenoxy) is 1. The quantitative estimate of drug-likeness (QED) is 0.501. The highest BCUT2D eigenvalue weighted by Crippen LogP contribution is 2.52. The molecule has 33 heavy (non-hydrogen) atoms. The summed E-state index contributed by atoms with van der Waals surface area (Å²) in [6, 6.07) is 12.3. The number of halogens is 2. The molecular formula is C24H20Cl2N2O4S. The molecule has 2 aliphatic rings. The molecule has 0 bridgehead atoms. The lowest BCUT2D eigenvalue weighted by Gasteiger charge is -2.36. The summed E-state index contributed by atoms with van der Waals surface area (Å²) in [6.07, 6.45) is 1.41. The van der Waals surface area contributed by atoms with E-state index in [9.17, 15) is 9.59 Å². The van der Waals surface area contributed by atoms with E-state index in [0.29, 0.717) is 34.3 Å². The van der Waals surface area contributed by atoms with E-state index < -0.39 is 18.6 Å². The second-order valence-corrected chi connectivity index (χ2v) is 9.91. The van der Waals surface area contributed by atoms with Gasteiger partial charge in [0.25, 0.3) is 0 Å². The van der Waals surface area contributed by atoms with Crippen LogP contribution in [0.25, 0.3) is 0 Å². The Labute approximate surface area is 204 Å². The molecule has 2 heterocycles. The summed E-state index contributed by atoms with van der Waals surface area (Å²) in [4.78, 5) is 32.1. The van der Waals surface area contributed by atoms with Crippen molar-refractivity contribution in [2.75, 3.05) is 13.2 Å². The molecule has 0 radical (unpaired) electrons. The molecular weight excluding hydrogens is 483 g/mol. The van der Waals surface area contributed by atoms with Crippen LogP contribution in [0.2, 0.25) is 10.0 Å². The number of rotatable bonds is 6. The minimum Gasteiger partial charge on any atom is -0.482 e. The Kier molecular flexibility index (Phi) is 6.03. The number of hydrogen-bond donors (Lipinski definition) is 1. The maximum absolute atomic E-state index is 13.7. The van der Waals surface area contributed by atoms with Crippen LogP contribution < -0.4 is 4.74 Å². The van der Waals surface area contributed by atoms with Crippen molar-refractivity contribution in [1.29, 1.82) is 0 Å². The lowest BCUT2D eigenvalue weighted by molar-refractivity contribution is -0.139. The third-order valence-electron chi connectivity index (χ3n) is 6.14. The summed E-state index contributed by atoms with van der Waals surface area (Å²) in [5.41, 5.74) is 4.38. The first-order valence-corrected chi connectivity index (χ1v) is 12.2. The first kappa shape index (κ1) is 22.2. The van der Waals surface area contributed by atoms with Gasteiger partial charge in [-0.05, 0) is 42.2 Å². The van der Waals surface area contributed by atoms with Gasteiger partial charge in [-0.3, -0.25) is 4.79 Å². The molecule has 1 aliphatic heterocycles. The molecule has 1 N–H and O–H groups in total. The van der Waals surface area contributed by atoms with Gasteiger partial charge in [-0.1, -0.05) is 41.4 Å². The highest BCUT2D eigenvalue weighted by atomic mass is 35.5. The largest absolute Gasteiger partial charge is 0.482 e. The number of amides is 1. The number of benzene rings is 2. The average Bonchev–Trinajstić information content (AvgIpc) is 3.44. The average molecular weight is 503 g/mol. The predicted molar refractivity (Wildman–Crippen MR) is 126 cm³/mol. The van der Waals surface area contributed by atoms with Gasteiger partial charge < -0.3 is 14.7 Å². The molecule has 6 nitrogen and oxygen atoms in total. The molecule has 3 aromatic rings. The molecule has 3 atom stereocenters. The summed E-state index contributed by atoms with van der Waals surface area (Å²) >= 11 is 14.2. The van der Waals surface area contributed by atoms with Gasteiger partial charge in [0.1, 0.15) is 5.75 Å². The van der Waals surface area contributed by atoms with Crippen molar-refractivity contribution in [2.24, 2.45) is 5.92 Å². The van der Waals surface area contributed by atoms with Crippen LogP contribution in [0.1, 0.15) is 40.1 Å². The van der Waals surface area contributed by atoms with Crippen LogP contribution in [0.3, 0.4) is 0 Å². The van der Waals surface area contributed by atoms with E-state index in [2.05, 4.69) is 4.98 Å². The van der Waals surface area contributed by atoms with E-state index in [1.54, 1.807) is 23.7 Å². The fourth-order valence-electron chi connectivity index (χ4n) is 4.54. The van der Waals surface area contributed by atoms with Gasteiger partial charge in [0.15, 0.2) is 6.61 Å². The molecule has 1 fully saturated rings. The molecule has 0 saturated heterocycles. The Morgan fingerprint density at radius 2 is 2.00 bits per heavy atom. The number of nitrogens with zero attached hydrogens (tertiary/aromatic N) is 2. The molecule has 2 aromatic carbocycles. The number of carboxylic acids is 1. The van der Waals surface area contributed by atoms with Gasteiger partial charge in [0, 0.05) is 34.5 Å². The van der Waals surface area contributed by atoms with Crippen molar-refractivity contribution in [1.82, 2.24) is 9.88 Å². The van der Waals surface area contributed by atoms with Crippen molar-refractivity contribution < 1.29 is 19.4 Å². The van der Waals surface area contributed by atoms with Gasteiger partial charge in [-0.25, -0.2) is 9.78 Å². The molecule has 1 amide bonds. The topological polar surface area (TPSA) is 79.7 Å². The number of hydrogen-bond acceptors (Lipinski definition) is 5. The Morgan fingerprint density at radius 1 is 1.18 bits per heavy atom. The summed E-state index contributed by atoms with van der Waals surface area (Å²) in [5, 5.41) is 10.3. The third kappa shape index (κ3) is 4.33. The smallest absolute Gasteiger partial charge is 0.341 e. The molecule has 1 aliphatic carbocycles. The Bertz CT molecular complexity index is 1230. The highest BCUT2D eigenvalue weighted by molar-refractivity contribution is 7.09. The number of carbonyl (C=O) groups excluding carboxylic acids is 1. The minimum absolute atomic E-state index is 0.0492. The van der Waals surface area contributed by atoms with Crippen molar-refractivity contribution >= 4 is 46.4 Å². The Hall–Kier alpha value is -2.61. The minimum atomic E-state index is -1.08. The van der Waals surface area contributed by atoms with Crippen LogP contribution in [0, 0.1) is 5.92 Å². The number of aromatic nitrogens is 1. The molecule has 5 rings (SSSR count). The molecule has 0 spiro atoms. The van der Waals surface area contributed by atoms with Gasteiger partial charge in [0.2, 0.25) is 5.91 Å².